The molecule has 0 fully saturated rings. The second kappa shape index (κ2) is 5.17. The molecule has 4 atom stereocenters. The van der Waals surface area contributed by atoms with E-state index in [-0.39, 0.29) is 6.29 Å². The Bertz CT molecular complexity index is 243. The van der Waals surface area contributed by atoms with Crippen molar-refractivity contribution in [1.82, 2.24) is 5.32 Å². The van der Waals surface area contributed by atoms with Gasteiger partial charge in [0.15, 0.2) is 6.29 Å². The molecule has 0 saturated heterocycles. The van der Waals surface area contributed by atoms with E-state index < -0.39 is 29.9 Å². The zero-order valence-electron chi connectivity index (χ0n) is 8.41. The number of aldehydes is 1. The minimum absolute atomic E-state index is 0.120. The fourth-order valence-electron chi connectivity index (χ4n) is 0.979. The topological polar surface area (TPSA) is 127 Å². The molecule has 7 nitrogen and oxygen atoms in total. The van der Waals surface area contributed by atoms with Crippen LogP contribution < -0.4 is 5.32 Å². The number of nitrogens with one attached hydrogen (secondary N) is 1. The minimum atomic E-state index is -2.61. The zero-order valence-corrected chi connectivity index (χ0v) is 8.41. The molecule has 0 aromatic carbocycles. The largest absolute Gasteiger partial charge is 0.391 e. The summed E-state index contributed by atoms with van der Waals surface area (Å²) in [7, 11) is 0. The van der Waals surface area contributed by atoms with Crippen molar-refractivity contribution in [3.63, 3.8) is 0 Å². The monoisotopic (exact) mass is 221 g/mol. The van der Waals surface area contributed by atoms with Crippen molar-refractivity contribution in [2.75, 3.05) is 0 Å². The highest BCUT2D eigenvalue weighted by Crippen LogP contribution is 2.11. The maximum atomic E-state index is 10.6. The van der Waals surface area contributed by atoms with Crippen molar-refractivity contribution in [1.29, 1.82) is 0 Å². The van der Waals surface area contributed by atoms with Gasteiger partial charge in [-0.3, -0.25) is 9.59 Å². The number of hydrogen-bond donors (Lipinski definition) is 5. The number of aliphatic hydroxyl groups excluding tert-OH is 3. The van der Waals surface area contributed by atoms with Crippen LogP contribution in [0.15, 0.2) is 0 Å². The maximum absolute atomic E-state index is 10.6. The molecule has 0 rings (SSSR count). The fourth-order valence-corrected chi connectivity index (χ4v) is 0.979. The van der Waals surface area contributed by atoms with Crippen molar-refractivity contribution < 1.29 is 30.0 Å². The van der Waals surface area contributed by atoms with Crippen molar-refractivity contribution in [2.45, 2.75) is 37.9 Å². The van der Waals surface area contributed by atoms with E-state index in [0.29, 0.717) is 0 Å². The molecule has 0 bridgehead atoms. The number of rotatable bonds is 5. The van der Waals surface area contributed by atoms with Crippen LogP contribution in [0.5, 0.6) is 0 Å². The molecular weight excluding hydrogens is 206 g/mol. The molecule has 0 aliphatic heterocycles. The maximum Gasteiger partial charge on any atom is 0.224 e. The van der Waals surface area contributed by atoms with Gasteiger partial charge in [-0.2, -0.15) is 0 Å². The summed E-state index contributed by atoms with van der Waals surface area (Å²) in [5, 5.41) is 38.7. The Kier molecular flexibility index (Phi) is 4.82. The van der Waals surface area contributed by atoms with E-state index in [1.54, 1.807) is 5.32 Å². The third kappa shape index (κ3) is 3.56. The van der Waals surface area contributed by atoms with Crippen LogP contribution in [0.25, 0.3) is 0 Å². The third-order valence-electron chi connectivity index (χ3n) is 1.82. The number of carbonyl (C=O) groups excluding carboxylic acids is 2. The normalized spacial score (nSPS) is 20.9. The standard InChI is InChI=1S/C8H15NO6/c1-4(11)6(13)7(14)8(15,3-10)9-5(2)12/h3-4,6-7,11,13-15H,1-2H3,(H,9,12). The summed E-state index contributed by atoms with van der Waals surface area (Å²) in [4.78, 5) is 21.1. The van der Waals surface area contributed by atoms with E-state index >= 15 is 0 Å². The van der Waals surface area contributed by atoms with Crippen molar-refractivity contribution in [2.24, 2.45) is 0 Å². The lowest BCUT2D eigenvalue weighted by Crippen LogP contribution is -2.62. The fraction of sp³-hybridized carbons (Fsp3) is 0.750. The number of hydrogen-bond acceptors (Lipinski definition) is 6. The van der Waals surface area contributed by atoms with Gasteiger partial charge < -0.3 is 25.7 Å². The SMILES string of the molecule is CC(=O)NC(O)(C=O)C(O)C(O)C(C)O. The highest BCUT2D eigenvalue weighted by molar-refractivity contribution is 5.79. The average Bonchev–Trinajstić information content (AvgIpc) is 2.14. The van der Waals surface area contributed by atoms with E-state index in [1.165, 1.54) is 0 Å². The van der Waals surface area contributed by atoms with Gasteiger partial charge >= 0.3 is 0 Å². The summed E-state index contributed by atoms with van der Waals surface area (Å²) in [6.45, 7) is 2.18. The summed E-state index contributed by atoms with van der Waals surface area (Å²) in [6, 6.07) is 0. The highest BCUT2D eigenvalue weighted by Gasteiger charge is 2.42. The van der Waals surface area contributed by atoms with Crippen LogP contribution in [0.1, 0.15) is 13.8 Å². The second-order valence-electron chi connectivity index (χ2n) is 3.30. The molecule has 0 aliphatic rings. The van der Waals surface area contributed by atoms with Crippen LogP contribution in [0.3, 0.4) is 0 Å². The van der Waals surface area contributed by atoms with Gasteiger partial charge in [0.05, 0.1) is 6.10 Å². The Morgan fingerprint density at radius 2 is 1.87 bits per heavy atom. The van der Waals surface area contributed by atoms with E-state index in [0.717, 1.165) is 13.8 Å². The molecule has 15 heavy (non-hydrogen) atoms. The smallest absolute Gasteiger partial charge is 0.224 e. The summed E-state index contributed by atoms with van der Waals surface area (Å²) in [6.07, 6.45) is -5.25. The van der Waals surface area contributed by atoms with E-state index in [9.17, 15) is 24.9 Å². The Labute approximate surface area is 86.3 Å². The lowest BCUT2D eigenvalue weighted by molar-refractivity contribution is -0.172. The lowest BCUT2D eigenvalue weighted by Gasteiger charge is -2.32. The van der Waals surface area contributed by atoms with Crippen molar-refractivity contribution >= 4 is 12.2 Å². The molecule has 5 N–H and O–H groups in total. The third-order valence-corrected chi connectivity index (χ3v) is 1.82. The number of carbonyl (C=O) groups is 2. The van der Waals surface area contributed by atoms with Gasteiger partial charge in [0.1, 0.15) is 12.2 Å². The summed E-state index contributed by atoms with van der Waals surface area (Å²) < 4.78 is 0. The Morgan fingerprint density at radius 3 is 2.13 bits per heavy atom. The van der Waals surface area contributed by atoms with E-state index in [2.05, 4.69) is 0 Å². The first-order chi connectivity index (χ1) is 6.74. The average molecular weight is 221 g/mol. The van der Waals surface area contributed by atoms with Gasteiger partial charge in [0.2, 0.25) is 11.6 Å². The Morgan fingerprint density at radius 1 is 1.40 bits per heavy atom. The first-order valence-electron chi connectivity index (χ1n) is 4.26. The summed E-state index contributed by atoms with van der Waals surface area (Å²) >= 11 is 0. The molecule has 4 unspecified atom stereocenters. The number of amides is 1. The predicted molar refractivity (Wildman–Crippen MR) is 48.5 cm³/mol. The van der Waals surface area contributed by atoms with Crippen molar-refractivity contribution in [3.8, 4) is 0 Å². The van der Waals surface area contributed by atoms with E-state index in [1.807, 2.05) is 0 Å². The molecule has 0 spiro atoms. The van der Waals surface area contributed by atoms with Crippen LogP contribution in [0, 0.1) is 0 Å². The van der Waals surface area contributed by atoms with Crippen molar-refractivity contribution in [3.05, 3.63) is 0 Å². The van der Waals surface area contributed by atoms with Gasteiger partial charge in [-0.15, -0.1) is 0 Å². The molecule has 0 heterocycles. The predicted octanol–water partition coefficient (Wildman–Crippen LogP) is -2.89. The quantitative estimate of drug-likeness (QED) is 0.250. The first kappa shape index (κ1) is 14.0. The molecule has 7 heteroatoms. The van der Waals surface area contributed by atoms with E-state index in [4.69, 9.17) is 5.11 Å². The second-order valence-corrected chi connectivity index (χ2v) is 3.30. The van der Waals surface area contributed by atoms with Gasteiger partial charge in [-0.25, -0.2) is 0 Å². The lowest BCUT2D eigenvalue weighted by atomic mass is 9.99. The van der Waals surface area contributed by atoms with Gasteiger partial charge in [0, 0.05) is 6.92 Å². The molecule has 88 valence electrons. The summed E-state index contributed by atoms with van der Waals surface area (Å²) in [5.74, 6) is -0.763. The van der Waals surface area contributed by atoms with Gasteiger partial charge in [0.25, 0.3) is 0 Å². The van der Waals surface area contributed by atoms with Crippen LogP contribution in [-0.2, 0) is 9.59 Å². The molecule has 0 saturated carbocycles. The van der Waals surface area contributed by atoms with Gasteiger partial charge in [-0.1, -0.05) is 0 Å². The Balaban J connectivity index is 4.78. The first-order valence-corrected chi connectivity index (χ1v) is 4.26. The zero-order chi connectivity index (χ0) is 12.2. The molecule has 0 aromatic rings. The Hall–Kier alpha value is -1.02. The highest BCUT2D eigenvalue weighted by atomic mass is 16.4. The molecule has 0 radical (unpaired) electrons. The van der Waals surface area contributed by atoms with Crippen LogP contribution in [0.4, 0.5) is 0 Å². The minimum Gasteiger partial charge on any atom is -0.391 e. The number of aliphatic hydroxyl groups is 4. The van der Waals surface area contributed by atoms with Crippen LogP contribution >= 0.6 is 0 Å². The molecule has 0 aromatic heterocycles. The summed E-state index contributed by atoms with van der Waals surface area (Å²) in [5.41, 5.74) is -2.61. The molecular formula is C8H15NO6. The van der Waals surface area contributed by atoms with Crippen LogP contribution in [0.2, 0.25) is 0 Å². The van der Waals surface area contributed by atoms with Crippen LogP contribution in [-0.4, -0.2) is 56.7 Å². The molecule has 0 aliphatic carbocycles. The van der Waals surface area contributed by atoms with Gasteiger partial charge in [-0.05, 0) is 6.92 Å². The molecule has 1 amide bonds.